The van der Waals surface area contributed by atoms with Gasteiger partial charge in [-0.05, 0) is 36.8 Å². The molecule has 34 heavy (non-hydrogen) atoms. The van der Waals surface area contributed by atoms with Crippen LogP contribution in [0.25, 0.3) is 0 Å². The van der Waals surface area contributed by atoms with Crippen molar-refractivity contribution in [2.75, 3.05) is 17.3 Å². The molecule has 0 aliphatic carbocycles. The number of anilines is 1. The molecule has 0 spiro atoms. The Balaban J connectivity index is 1.83. The van der Waals surface area contributed by atoms with Crippen molar-refractivity contribution >= 4 is 28.6 Å². The second kappa shape index (κ2) is 10.1. The summed E-state index contributed by atoms with van der Waals surface area (Å²) in [4.78, 5) is 19.1. The van der Waals surface area contributed by atoms with E-state index >= 15 is 0 Å². The fraction of sp³-hybridized carbons (Fsp3) is 0.333. The van der Waals surface area contributed by atoms with E-state index in [9.17, 15) is 35.5 Å². The number of rotatable bonds is 7. The molecule has 1 aliphatic rings. The maximum absolute atomic E-state index is 13.1. The molecule has 0 aromatic heterocycles. The molecule has 0 saturated carbocycles. The highest BCUT2D eigenvalue weighted by molar-refractivity contribution is 8.14. The number of carbonyl (C=O) groups is 1. The standard InChI is InChI=1S/C21H18F7N3O2S/c1-13-2-6-15(7-3-13)31-12-34-18(29-11-20(24,25)26)30(19(31)32)10-14-4-8-16(9-5-14)33-21(27,28)17(22)23/h2-9,17H,10-12H2,1H3. The lowest BCUT2D eigenvalue weighted by molar-refractivity contribution is -0.253. The van der Waals surface area contributed by atoms with Gasteiger partial charge in [-0.2, -0.15) is 30.7 Å². The molecule has 5 nitrogen and oxygen atoms in total. The van der Waals surface area contributed by atoms with Crippen LogP contribution >= 0.6 is 11.8 Å². The lowest BCUT2D eigenvalue weighted by Crippen LogP contribution is -2.50. The van der Waals surface area contributed by atoms with Crippen LogP contribution in [0.4, 0.5) is 41.2 Å². The van der Waals surface area contributed by atoms with Crippen molar-refractivity contribution in [2.45, 2.75) is 32.2 Å². The molecule has 1 saturated heterocycles. The Kier molecular flexibility index (Phi) is 7.64. The van der Waals surface area contributed by atoms with Crippen LogP contribution < -0.4 is 9.64 Å². The highest BCUT2D eigenvalue weighted by Crippen LogP contribution is 2.30. The highest BCUT2D eigenvalue weighted by atomic mass is 32.2. The Labute approximate surface area is 194 Å². The summed E-state index contributed by atoms with van der Waals surface area (Å²) in [7, 11) is 0. The molecular formula is C21H18F7N3O2S. The van der Waals surface area contributed by atoms with E-state index < -0.39 is 37.0 Å². The number of thioether (sulfide) groups is 1. The lowest BCUT2D eigenvalue weighted by Gasteiger charge is -2.36. The number of benzene rings is 2. The summed E-state index contributed by atoms with van der Waals surface area (Å²) in [5.41, 5.74) is 1.80. The van der Waals surface area contributed by atoms with Gasteiger partial charge in [0.1, 0.15) is 12.3 Å². The number of nitrogens with zero attached hydrogens (tertiary/aromatic N) is 3. The second-order valence-electron chi connectivity index (χ2n) is 7.23. The quantitative estimate of drug-likeness (QED) is 0.413. The summed E-state index contributed by atoms with van der Waals surface area (Å²) in [6.45, 7) is 0.130. The number of carbonyl (C=O) groups excluding carboxylic acids is 1. The maximum Gasteiger partial charge on any atom is 0.461 e. The Bertz CT molecular complexity index is 1030. The summed E-state index contributed by atoms with van der Waals surface area (Å²) in [5.74, 6) is -0.509. The van der Waals surface area contributed by atoms with Crippen LogP contribution in [-0.2, 0) is 6.54 Å². The summed E-state index contributed by atoms with van der Waals surface area (Å²) in [6, 6.07) is 10.8. The zero-order valence-electron chi connectivity index (χ0n) is 17.5. The average molecular weight is 509 g/mol. The van der Waals surface area contributed by atoms with E-state index in [2.05, 4.69) is 9.73 Å². The van der Waals surface area contributed by atoms with Crippen molar-refractivity contribution in [1.29, 1.82) is 0 Å². The van der Waals surface area contributed by atoms with Crippen LogP contribution in [0.3, 0.4) is 0 Å². The van der Waals surface area contributed by atoms with E-state index in [1.807, 2.05) is 6.92 Å². The molecule has 2 aromatic carbocycles. The van der Waals surface area contributed by atoms with Crippen molar-refractivity contribution < 1.29 is 40.3 Å². The number of hydrogen-bond donors (Lipinski definition) is 0. The molecule has 0 atom stereocenters. The molecule has 13 heteroatoms. The number of ether oxygens (including phenoxy) is 1. The van der Waals surface area contributed by atoms with E-state index in [1.54, 1.807) is 24.3 Å². The molecule has 184 valence electrons. The van der Waals surface area contributed by atoms with Crippen molar-refractivity contribution in [3.05, 3.63) is 59.7 Å². The van der Waals surface area contributed by atoms with Gasteiger partial charge in [-0.15, -0.1) is 0 Å². The van der Waals surface area contributed by atoms with Crippen LogP contribution in [-0.4, -0.2) is 47.2 Å². The molecule has 0 bridgehead atoms. The third-order valence-electron chi connectivity index (χ3n) is 4.53. The first-order valence-corrected chi connectivity index (χ1v) is 10.7. The van der Waals surface area contributed by atoms with Gasteiger partial charge < -0.3 is 4.74 Å². The van der Waals surface area contributed by atoms with E-state index in [0.717, 1.165) is 34.4 Å². The number of alkyl halides is 7. The summed E-state index contributed by atoms with van der Waals surface area (Å²) < 4.78 is 92.9. The summed E-state index contributed by atoms with van der Waals surface area (Å²) in [5, 5.41) is -0.157. The predicted molar refractivity (Wildman–Crippen MR) is 113 cm³/mol. The highest BCUT2D eigenvalue weighted by Gasteiger charge is 2.44. The number of urea groups is 1. The fourth-order valence-corrected chi connectivity index (χ4v) is 3.82. The minimum Gasteiger partial charge on any atom is -0.428 e. The molecule has 1 heterocycles. The smallest absolute Gasteiger partial charge is 0.428 e. The first-order chi connectivity index (χ1) is 15.9. The Hall–Kier alpha value is -2.96. The predicted octanol–water partition coefficient (Wildman–Crippen LogP) is 6.28. The maximum atomic E-state index is 13.1. The molecular weight excluding hydrogens is 491 g/mol. The van der Waals surface area contributed by atoms with Crippen LogP contribution in [0.15, 0.2) is 53.5 Å². The minimum absolute atomic E-state index is 0.0323. The largest absolute Gasteiger partial charge is 0.461 e. The number of halogens is 7. The normalized spacial score (nSPS) is 16.5. The van der Waals surface area contributed by atoms with Gasteiger partial charge >= 0.3 is 24.7 Å². The van der Waals surface area contributed by atoms with E-state index in [-0.39, 0.29) is 17.6 Å². The minimum atomic E-state index is -4.69. The van der Waals surface area contributed by atoms with Gasteiger partial charge in [0.15, 0.2) is 5.17 Å². The van der Waals surface area contributed by atoms with Crippen LogP contribution in [0.5, 0.6) is 5.75 Å². The SMILES string of the molecule is Cc1ccc(N2CSC(=NCC(F)(F)F)N(Cc3ccc(OC(F)(F)C(F)F)cc3)C2=O)cc1. The van der Waals surface area contributed by atoms with Gasteiger partial charge in [0.2, 0.25) is 0 Å². The van der Waals surface area contributed by atoms with Crippen molar-refractivity contribution in [3.63, 3.8) is 0 Å². The number of aryl methyl sites for hydroxylation is 1. The van der Waals surface area contributed by atoms with Crippen molar-refractivity contribution in [3.8, 4) is 5.75 Å². The summed E-state index contributed by atoms with van der Waals surface area (Å²) in [6.07, 6.45) is -13.3. The van der Waals surface area contributed by atoms with Gasteiger partial charge in [0.05, 0.1) is 12.4 Å². The lowest BCUT2D eigenvalue weighted by atomic mass is 10.2. The van der Waals surface area contributed by atoms with E-state index in [0.29, 0.717) is 11.3 Å². The Morgan fingerprint density at radius 1 is 1.03 bits per heavy atom. The van der Waals surface area contributed by atoms with Crippen LogP contribution in [0.1, 0.15) is 11.1 Å². The van der Waals surface area contributed by atoms with Crippen molar-refractivity contribution in [1.82, 2.24) is 4.90 Å². The van der Waals surface area contributed by atoms with E-state index in [4.69, 9.17) is 0 Å². The van der Waals surface area contributed by atoms with Crippen LogP contribution in [0.2, 0.25) is 0 Å². The fourth-order valence-electron chi connectivity index (χ4n) is 2.86. The van der Waals surface area contributed by atoms with Crippen molar-refractivity contribution in [2.24, 2.45) is 4.99 Å². The Morgan fingerprint density at radius 2 is 1.65 bits per heavy atom. The van der Waals surface area contributed by atoms with Crippen LogP contribution in [0, 0.1) is 6.92 Å². The number of amidine groups is 1. The van der Waals surface area contributed by atoms with Gasteiger partial charge in [0.25, 0.3) is 0 Å². The summed E-state index contributed by atoms with van der Waals surface area (Å²) >= 11 is 0.930. The first kappa shape index (κ1) is 25.7. The molecule has 0 unspecified atom stereocenters. The van der Waals surface area contributed by atoms with E-state index in [1.165, 1.54) is 17.0 Å². The molecule has 2 aromatic rings. The average Bonchev–Trinajstić information content (AvgIpc) is 2.75. The number of hydrogen-bond acceptors (Lipinski definition) is 4. The third kappa shape index (κ3) is 6.55. The van der Waals surface area contributed by atoms with Gasteiger partial charge in [-0.3, -0.25) is 14.8 Å². The molecule has 1 fully saturated rings. The molecule has 0 radical (unpaired) electrons. The molecule has 0 N–H and O–H groups in total. The number of amides is 2. The second-order valence-corrected chi connectivity index (χ2v) is 8.14. The van der Waals surface area contributed by atoms with Gasteiger partial charge in [0, 0.05) is 5.69 Å². The molecule has 2 amide bonds. The van der Waals surface area contributed by atoms with Gasteiger partial charge in [-0.25, -0.2) is 4.79 Å². The number of aliphatic imine (C=N–C) groups is 1. The third-order valence-corrected chi connectivity index (χ3v) is 5.52. The Morgan fingerprint density at radius 3 is 2.21 bits per heavy atom. The molecule has 1 aliphatic heterocycles. The topological polar surface area (TPSA) is 45.1 Å². The molecule has 3 rings (SSSR count). The monoisotopic (exact) mass is 509 g/mol. The first-order valence-electron chi connectivity index (χ1n) is 9.69. The van der Waals surface area contributed by atoms with Gasteiger partial charge in [-0.1, -0.05) is 41.6 Å². The zero-order valence-corrected chi connectivity index (χ0v) is 18.3. The zero-order chi connectivity index (χ0) is 25.1.